The third-order valence-electron chi connectivity index (χ3n) is 1.53. The summed E-state index contributed by atoms with van der Waals surface area (Å²) in [7, 11) is 0. The molecule has 1 unspecified atom stereocenters. The van der Waals surface area contributed by atoms with Crippen LogP contribution < -0.4 is 11.2 Å². The molecule has 0 saturated carbocycles. The molecule has 0 bridgehead atoms. The number of furan rings is 1. The fourth-order valence-electron chi connectivity index (χ4n) is 0.779. The van der Waals surface area contributed by atoms with Crippen molar-refractivity contribution in [1.29, 1.82) is 0 Å². The van der Waals surface area contributed by atoms with Crippen LogP contribution in [0.25, 0.3) is 0 Å². The van der Waals surface area contributed by atoms with E-state index >= 15 is 0 Å². The molecule has 0 spiro atoms. The zero-order valence-corrected chi connectivity index (χ0v) is 7.32. The highest BCUT2D eigenvalue weighted by Gasteiger charge is 2.09. The molecule has 1 rings (SSSR count). The van der Waals surface area contributed by atoms with Crippen LogP contribution in [0.15, 0.2) is 22.8 Å². The minimum Gasteiger partial charge on any atom is -0.459 e. The molecule has 0 aliphatic carbocycles. The first-order valence-electron chi connectivity index (χ1n) is 3.91. The van der Waals surface area contributed by atoms with Crippen molar-refractivity contribution in [3.63, 3.8) is 0 Å². The van der Waals surface area contributed by atoms with E-state index in [0.29, 0.717) is 6.54 Å². The fraction of sp³-hybridized carbons (Fsp3) is 0.375. The van der Waals surface area contributed by atoms with Gasteiger partial charge in [0.15, 0.2) is 5.76 Å². The van der Waals surface area contributed by atoms with Gasteiger partial charge in [-0.1, -0.05) is 0 Å². The van der Waals surface area contributed by atoms with Gasteiger partial charge in [0.2, 0.25) is 0 Å². The number of amides is 1. The van der Waals surface area contributed by atoms with Gasteiger partial charge in [-0.3, -0.25) is 9.63 Å². The molecule has 1 heterocycles. The monoisotopic (exact) mass is 184 g/mol. The van der Waals surface area contributed by atoms with Crippen LogP contribution in [-0.4, -0.2) is 18.6 Å². The summed E-state index contributed by atoms with van der Waals surface area (Å²) in [5, 5.41) is 2.60. The van der Waals surface area contributed by atoms with Gasteiger partial charge < -0.3 is 9.73 Å². The van der Waals surface area contributed by atoms with E-state index in [1.807, 2.05) is 0 Å². The van der Waals surface area contributed by atoms with E-state index in [4.69, 9.17) is 10.3 Å². The maximum absolute atomic E-state index is 11.2. The van der Waals surface area contributed by atoms with Crippen LogP contribution in [0.2, 0.25) is 0 Å². The van der Waals surface area contributed by atoms with Gasteiger partial charge in [0.25, 0.3) is 5.91 Å². The minimum absolute atomic E-state index is 0.209. The number of hydrogen-bond donors (Lipinski definition) is 2. The van der Waals surface area contributed by atoms with Crippen molar-refractivity contribution in [1.82, 2.24) is 5.32 Å². The number of carbonyl (C=O) groups is 1. The van der Waals surface area contributed by atoms with E-state index in [0.717, 1.165) is 0 Å². The average Bonchev–Trinajstić information content (AvgIpc) is 2.66. The normalized spacial score (nSPS) is 12.5. The summed E-state index contributed by atoms with van der Waals surface area (Å²) < 4.78 is 4.88. The molecule has 5 heteroatoms. The van der Waals surface area contributed by atoms with Gasteiger partial charge in [0.05, 0.1) is 12.4 Å². The Morgan fingerprint density at radius 2 is 2.62 bits per heavy atom. The second-order valence-corrected chi connectivity index (χ2v) is 2.63. The topological polar surface area (TPSA) is 77.5 Å². The highest BCUT2D eigenvalue weighted by molar-refractivity contribution is 5.91. The van der Waals surface area contributed by atoms with Gasteiger partial charge in [-0.05, 0) is 19.1 Å². The predicted molar refractivity (Wildman–Crippen MR) is 45.8 cm³/mol. The number of rotatable bonds is 4. The minimum atomic E-state index is -0.270. The zero-order valence-electron chi connectivity index (χ0n) is 7.32. The summed E-state index contributed by atoms with van der Waals surface area (Å²) in [5.74, 6) is 4.91. The van der Waals surface area contributed by atoms with E-state index in [1.54, 1.807) is 19.1 Å². The summed E-state index contributed by atoms with van der Waals surface area (Å²) in [6.07, 6.45) is 1.23. The van der Waals surface area contributed by atoms with E-state index in [-0.39, 0.29) is 17.8 Å². The first kappa shape index (κ1) is 9.76. The number of hydrogen-bond acceptors (Lipinski definition) is 4. The lowest BCUT2D eigenvalue weighted by molar-refractivity contribution is 0.0615. The summed E-state index contributed by atoms with van der Waals surface area (Å²) in [6, 6.07) is 3.24. The summed E-state index contributed by atoms with van der Waals surface area (Å²) in [4.78, 5) is 15.7. The van der Waals surface area contributed by atoms with Gasteiger partial charge >= 0.3 is 0 Å². The van der Waals surface area contributed by atoms with Crippen molar-refractivity contribution in [2.75, 3.05) is 6.54 Å². The van der Waals surface area contributed by atoms with E-state index in [9.17, 15) is 4.79 Å². The molecule has 5 nitrogen and oxygen atoms in total. The molecule has 72 valence electrons. The van der Waals surface area contributed by atoms with Crippen LogP contribution in [0.1, 0.15) is 17.5 Å². The molecule has 0 fully saturated rings. The Balaban J connectivity index is 2.35. The van der Waals surface area contributed by atoms with Gasteiger partial charge in [0, 0.05) is 6.54 Å². The third kappa shape index (κ3) is 2.89. The number of carbonyl (C=O) groups excluding carboxylic acids is 1. The van der Waals surface area contributed by atoms with E-state index in [2.05, 4.69) is 10.2 Å². The molecule has 0 saturated heterocycles. The molecule has 1 aromatic rings. The lowest BCUT2D eigenvalue weighted by atomic mass is 10.3. The molecule has 13 heavy (non-hydrogen) atoms. The van der Waals surface area contributed by atoms with Gasteiger partial charge in [-0.15, -0.1) is 0 Å². The molecule has 0 aliphatic heterocycles. The SMILES string of the molecule is CC(CNC(=O)c1ccco1)ON. The number of nitrogens with one attached hydrogen (secondary N) is 1. The molecule has 0 radical (unpaired) electrons. The molecular weight excluding hydrogens is 172 g/mol. The highest BCUT2D eigenvalue weighted by Crippen LogP contribution is 1.98. The molecule has 1 atom stereocenters. The molecule has 1 aromatic heterocycles. The van der Waals surface area contributed by atoms with Gasteiger partial charge in [-0.25, -0.2) is 5.90 Å². The van der Waals surface area contributed by atoms with Crippen molar-refractivity contribution < 1.29 is 14.0 Å². The Hall–Kier alpha value is -1.33. The van der Waals surface area contributed by atoms with Crippen LogP contribution in [0.4, 0.5) is 0 Å². The maximum atomic E-state index is 11.2. The summed E-state index contributed by atoms with van der Waals surface area (Å²) in [5.41, 5.74) is 0. The van der Waals surface area contributed by atoms with Crippen LogP contribution >= 0.6 is 0 Å². The Morgan fingerprint density at radius 3 is 3.15 bits per heavy atom. The Kier molecular flexibility index (Phi) is 3.48. The largest absolute Gasteiger partial charge is 0.459 e. The second kappa shape index (κ2) is 4.64. The number of nitrogens with two attached hydrogens (primary N) is 1. The van der Waals surface area contributed by atoms with Crippen LogP contribution in [0.3, 0.4) is 0 Å². The van der Waals surface area contributed by atoms with Crippen LogP contribution in [-0.2, 0) is 4.84 Å². The van der Waals surface area contributed by atoms with Crippen molar-refractivity contribution in [3.8, 4) is 0 Å². The Bertz CT molecular complexity index is 258. The average molecular weight is 184 g/mol. The molecule has 3 N–H and O–H groups in total. The first-order chi connectivity index (χ1) is 6.24. The summed E-state index contributed by atoms with van der Waals surface area (Å²) in [6.45, 7) is 2.11. The van der Waals surface area contributed by atoms with Crippen LogP contribution in [0, 0.1) is 0 Å². The van der Waals surface area contributed by atoms with Crippen molar-refractivity contribution >= 4 is 5.91 Å². The standard InChI is InChI=1S/C8H12N2O3/c1-6(13-9)5-10-8(11)7-3-2-4-12-7/h2-4,6H,5,9H2,1H3,(H,10,11). The van der Waals surface area contributed by atoms with Crippen LogP contribution in [0.5, 0.6) is 0 Å². The second-order valence-electron chi connectivity index (χ2n) is 2.63. The van der Waals surface area contributed by atoms with E-state index in [1.165, 1.54) is 6.26 Å². The Labute approximate surface area is 75.8 Å². The quantitative estimate of drug-likeness (QED) is 0.659. The van der Waals surface area contributed by atoms with Crippen molar-refractivity contribution in [2.45, 2.75) is 13.0 Å². The smallest absolute Gasteiger partial charge is 0.287 e. The Morgan fingerprint density at radius 1 is 1.85 bits per heavy atom. The highest BCUT2D eigenvalue weighted by atomic mass is 16.6. The van der Waals surface area contributed by atoms with Gasteiger partial charge in [-0.2, -0.15) is 0 Å². The van der Waals surface area contributed by atoms with Crippen molar-refractivity contribution in [3.05, 3.63) is 24.2 Å². The van der Waals surface area contributed by atoms with Crippen molar-refractivity contribution in [2.24, 2.45) is 5.90 Å². The fourth-order valence-corrected chi connectivity index (χ4v) is 0.779. The zero-order chi connectivity index (χ0) is 9.68. The maximum Gasteiger partial charge on any atom is 0.287 e. The predicted octanol–water partition coefficient (Wildman–Crippen LogP) is 0.288. The van der Waals surface area contributed by atoms with Gasteiger partial charge in [0.1, 0.15) is 0 Å². The summed E-state index contributed by atoms with van der Waals surface area (Å²) >= 11 is 0. The third-order valence-corrected chi connectivity index (χ3v) is 1.53. The molecule has 0 aliphatic rings. The molecular formula is C8H12N2O3. The molecule has 0 aromatic carbocycles. The lowest BCUT2D eigenvalue weighted by Crippen LogP contribution is -2.33. The molecule has 1 amide bonds. The lowest BCUT2D eigenvalue weighted by Gasteiger charge is -2.08. The van der Waals surface area contributed by atoms with E-state index < -0.39 is 0 Å². The first-order valence-corrected chi connectivity index (χ1v) is 3.91.